The maximum atomic E-state index is 12.5. The van der Waals surface area contributed by atoms with Gasteiger partial charge < -0.3 is 24.3 Å². The molecule has 0 aliphatic carbocycles. The Morgan fingerprint density at radius 1 is 0.971 bits per heavy atom. The summed E-state index contributed by atoms with van der Waals surface area (Å²) < 4.78 is 21.9. The minimum Gasteiger partial charge on any atom is -0.490 e. The number of carbonyl (C=O) groups excluding carboxylic acids is 1. The zero-order chi connectivity index (χ0) is 23.8. The number of amides is 1. The molecule has 0 atom stereocenters. The first-order chi connectivity index (χ1) is 16.6. The van der Waals surface area contributed by atoms with E-state index < -0.39 is 5.91 Å². The summed E-state index contributed by atoms with van der Waals surface area (Å²) in [6.45, 7) is 1.20. The SMILES string of the molecule is N#C/C(=C\c1ccc(OCCOc2ccc(Cl)cc2)cc1)C(=O)NCc1ccc2c(c1)OCO2. The third-order valence-electron chi connectivity index (χ3n) is 4.88. The lowest BCUT2D eigenvalue weighted by atomic mass is 10.1. The summed E-state index contributed by atoms with van der Waals surface area (Å²) in [7, 11) is 0. The lowest BCUT2D eigenvalue weighted by molar-refractivity contribution is -0.117. The average molecular weight is 477 g/mol. The minimum absolute atomic E-state index is 0.00535. The Bertz CT molecular complexity index is 1220. The first kappa shape index (κ1) is 23.0. The van der Waals surface area contributed by atoms with Gasteiger partial charge in [-0.2, -0.15) is 5.26 Å². The molecule has 0 bridgehead atoms. The highest BCUT2D eigenvalue weighted by Crippen LogP contribution is 2.32. The van der Waals surface area contributed by atoms with Crippen molar-refractivity contribution < 1.29 is 23.7 Å². The van der Waals surface area contributed by atoms with Gasteiger partial charge in [0.2, 0.25) is 6.79 Å². The smallest absolute Gasteiger partial charge is 0.262 e. The van der Waals surface area contributed by atoms with Crippen LogP contribution in [0, 0.1) is 11.3 Å². The molecule has 1 amide bonds. The molecule has 1 N–H and O–H groups in total. The van der Waals surface area contributed by atoms with Crippen LogP contribution in [-0.4, -0.2) is 25.9 Å². The quantitative estimate of drug-likeness (QED) is 0.272. The zero-order valence-electron chi connectivity index (χ0n) is 18.1. The number of rotatable bonds is 9. The van der Waals surface area contributed by atoms with E-state index in [0.29, 0.717) is 46.8 Å². The van der Waals surface area contributed by atoms with Crippen molar-refractivity contribution in [2.45, 2.75) is 6.54 Å². The van der Waals surface area contributed by atoms with Gasteiger partial charge in [-0.15, -0.1) is 0 Å². The molecule has 0 unspecified atom stereocenters. The first-order valence-electron chi connectivity index (χ1n) is 10.5. The largest absolute Gasteiger partial charge is 0.490 e. The van der Waals surface area contributed by atoms with Crippen LogP contribution < -0.4 is 24.3 Å². The lowest BCUT2D eigenvalue weighted by Crippen LogP contribution is -2.23. The van der Waals surface area contributed by atoms with E-state index in [9.17, 15) is 10.1 Å². The van der Waals surface area contributed by atoms with E-state index in [1.807, 2.05) is 12.1 Å². The predicted octanol–water partition coefficient (Wildman–Crippen LogP) is 4.75. The second-order valence-corrected chi connectivity index (χ2v) is 7.70. The molecule has 3 aromatic rings. The number of nitrogens with zero attached hydrogens (tertiary/aromatic N) is 1. The summed E-state index contributed by atoms with van der Waals surface area (Å²) >= 11 is 5.85. The molecule has 1 aliphatic heterocycles. The molecular formula is C26H21ClN2O5. The fourth-order valence-corrected chi connectivity index (χ4v) is 3.28. The molecule has 1 heterocycles. The van der Waals surface area contributed by atoms with E-state index in [4.69, 9.17) is 30.5 Å². The molecule has 0 radical (unpaired) electrons. The molecule has 7 nitrogen and oxygen atoms in total. The number of hydrogen-bond acceptors (Lipinski definition) is 6. The van der Waals surface area contributed by atoms with Crippen molar-refractivity contribution in [3.05, 3.63) is 88.5 Å². The maximum absolute atomic E-state index is 12.5. The molecule has 0 saturated heterocycles. The van der Waals surface area contributed by atoms with Crippen LogP contribution in [0.4, 0.5) is 0 Å². The van der Waals surface area contributed by atoms with Crippen molar-refractivity contribution in [1.82, 2.24) is 5.32 Å². The van der Waals surface area contributed by atoms with Crippen LogP contribution in [0.5, 0.6) is 23.0 Å². The van der Waals surface area contributed by atoms with Gasteiger partial charge >= 0.3 is 0 Å². The molecule has 0 saturated carbocycles. The molecule has 1 aliphatic rings. The van der Waals surface area contributed by atoms with Gasteiger partial charge in [-0.1, -0.05) is 29.8 Å². The van der Waals surface area contributed by atoms with Crippen LogP contribution in [0.3, 0.4) is 0 Å². The van der Waals surface area contributed by atoms with Crippen LogP contribution in [0.25, 0.3) is 6.08 Å². The van der Waals surface area contributed by atoms with Crippen LogP contribution >= 0.6 is 11.6 Å². The number of hydrogen-bond donors (Lipinski definition) is 1. The number of benzene rings is 3. The minimum atomic E-state index is -0.458. The molecule has 4 rings (SSSR count). The third kappa shape index (κ3) is 6.21. The van der Waals surface area contributed by atoms with Gasteiger partial charge in [-0.05, 0) is 65.7 Å². The second-order valence-electron chi connectivity index (χ2n) is 7.26. The van der Waals surface area contributed by atoms with E-state index in [1.165, 1.54) is 6.08 Å². The van der Waals surface area contributed by atoms with Crippen molar-refractivity contribution in [2.24, 2.45) is 0 Å². The summed E-state index contributed by atoms with van der Waals surface area (Å²) in [5.74, 6) is 2.23. The predicted molar refractivity (Wildman–Crippen MR) is 127 cm³/mol. The fraction of sp³-hybridized carbons (Fsp3) is 0.154. The van der Waals surface area contributed by atoms with Crippen LogP contribution in [0.1, 0.15) is 11.1 Å². The lowest BCUT2D eigenvalue weighted by Gasteiger charge is -2.09. The summed E-state index contributed by atoms with van der Waals surface area (Å²) in [6.07, 6.45) is 1.53. The number of fused-ring (bicyclic) bond motifs is 1. The number of halogens is 1. The molecule has 172 valence electrons. The highest BCUT2D eigenvalue weighted by Gasteiger charge is 2.14. The number of nitriles is 1. The van der Waals surface area contributed by atoms with E-state index in [1.54, 1.807) is 60.7 Å². The van der Waals surface area contributed by atoms with Crippen LogP contribution in [0.2, 0.25) is 5.02 Å². The molecule has 3 aromatic carbocycles. The normalized spacial score (nSPS) is 12.1. The zero-order valence-corrected chi connectivity index (χ0v) is 18.9. The summed E-state index contributed by atoms with van der Waals surface area (Å²) in [6, 6.07) is 21.6. The number of carbonyl (C=O) groups is 1. The van der Waals surface area contributed by atoms with Gasteiger partial charge in [0.1, 0.15) is 36.4 Å². The van der Waals surface area contributed by atoms with Crippen LogP contribution in [-0.2, 0) is 11.3 Å². The Hall–Kier alpha value is -4.15. The maximum Gasteiger partial charge on any atom is 0.262 e. The Morgan fingerprint density at radius 3 is 2.29 bits per heavy atom. The standard InChI is InChI=1S/C26H21ClN2O5/c27-21-4-8-23(9-5-21)32-12-11-31-22-6-1-18(2-7-22)13-20(15-28)26(30)29-16-19-3-10-24-25(14-19)34-17-33-24/h1-10,13-14H,11-12,16-17H2,(H,29,30)/b20-13+. The van der Waals surface area contributed by atoms with Crippen LogP contribution in [0.15, 0.2) is 72.3 Å². The first-order valence-corrected chi connectivity index (χ1v) is 10.9. The van der Waals surface area contributed by atoms with E-state index in [2.05, 4.69) is 5.32 Å². The summed E-state index contributed by atoms with van der Waals surface area (Å²) in [4.78, 5) is 12.5. The highest BCUT2D eigenvalue weighted by molar-refractivity contribution is 6.30. The highest BCUT2D eigenvalue weighted by atomic mass is 35.5. The molecule has 0 fully saturated rings. The van der Waals surface area contributed by atoms with Gasteiger partial charge in [-0.3, -0.25) is 4.79 Å². The number of nitrogens with one attached hydrogen (secondary N) is 1. The molecule has 0 aromatic heterocycles. The van der Waals surface area contributed by atoms with E-state index in [-0.39, 0.29) is 18.9 Å². The van der Waals surface area contributed by atoms with Crippen molar-refractivity contribution in [2.75, 3.05) is 20.0 Å². The Labute approximate surface area is 202 Å². The van der Waals surface area contributed by atoms with Crippen molar-refractivity contribution in [3.8, 4) is 29.1 Å². The molecule has 0 spiro atoms. The van der Waals surface area contributed by atoms with E-state index in [0.717, 1.165) is 5.56 Å². The second kappa shape index (κ2) is 11.1. The number of ether oxygens (including phenoxy) is 4. The Balaban J connectivity index is 1.26. The molecule has 8 heteroatoms. The van der Waals surface area contributed by atoms with Gasteiger partial charge in [-0.25, -0.2) is 0 Å². The Morgan fingerprint density at radius 2 is 1.62 bits per heavy atom. The van der Waals surface area contributed by atoms with Gasteiger partial charge in [0.05, 0.1) is 0 Å². The summed E-state index contributed by atoms with van der Waals surface area (Å²) in [5, 5.41) is 12.8. The summed E-state index contributed by atoms with van der Waals surface area (Å²) in [5.41, 5.74) is 1.56. The van der Waals surface area contributed by atoms with Gasteiger partial charge in [0.25, 0.3) is 5.91 Å². The molecule has 34 heavy (non-hydrogen) atoms. The van der Waals surface area contributed by atoms with Crippen molar-refractivity contribution in [3.63, 3.8) is 0 Å². The Kier molecular flexibility index (Phi) is 7.53. The third-order valence-corrected chi connectivity index (χ3v) is 5.13. The average Bonchev–Trinajstić information content (AvgIpc) is 3.33. The topological polar surface area (TPSA) is 89.8 Å². The van der Waals surface area contributed by atoms with Gasteiger partial charge in [0, 0.05) is 11.6 Å². The van der Waals surface area contributed by atoms with Crippen molar-refractivity contribution in [1.29, 1.82) is 5.26 Å². The monoisotopic (exact) mass is 476 g/mol. The van der Waals surface area contributed by atoms with Crippen molar-refractivity contribution >= 4 is 23.6 Å². The van der Waals surface area contributed by atoms with Gasteiger partial charge in [0.15, 0.2) is 11.5 Å². The fourth-order valence-electron chi connectivity index (χ4n) is 3.15. The van der Waals surface area contributed by atoms with E-state index >= 15 is 0 Å². The molecular weight excluding hydrogens is 456 g/mol.